The van der Waals surface area contributed by atoms with Gasteiger partial charge in [0.1, 0.15) is 5.84 Å². The van der Waals surface area contributed by atoms with Crippen LogP contribution in [0.3, 0.4) is 0 Å². The number of carbonyl (C=O) groups is 1. The van der Waals surface area contributed by atoms with E-state index in [1.165, 1.54) is 0 Å². The van der Waals surface area contributed by atoms with Crippen molar-refractivity contribution in [1.29, 1.82) is 0 Å². The zero-order chi connectivity index (χ0) is 12.5. The number of carboxylic acid groups (broad SMARTS) is 1. The number of hydrogen-bond donors (Lipinski definition) is 2. The lowest BCUT2D eigenvalue weighted by atomic mass is 9.63. The van der Waals surface area contributed by atoms with Crippen molar-refractivity contribution < 1.29 is 9.90 Å². The smallest absolute Gasteiger partial charge is 0.432 e. The summed E-state index contributed by atoms with van der Waals surface area (Å²) in [5, 5.41) is 8.68. The Hall–Kier alpha value is -1.36. The van der Waals surface area contributed by atoms with Crippen molar-refractivity contribution in [3.05, 3.63) is 34.3 Å². The van der Waals surface area contributed by atoms with Crippen LogP contribution in [0.2, 0.25) is 0 Å². The largest absolute Gasteiger partial charge is 0.463 e. The quantitative estimate of drug-likeness (QED) is 0.651. The average molecular weight is 297 g/mol. The van der Waals surface area contributed by atoms with Crippen molar-refractivity contribution in [2.45, 2.75) is 24.7 Å². The van der Waals surface area contributed by atoms with E-state index in [-0.39, 0.29) is 11.3 Å². The average Bonchev–Trinajstić information content (AvgIpc) is 2.18. The second-order valence-electron chi connectivity index (χ2n) is 4.22. The van der Waals surface area contributed by atoms with Crippen LogP contribution in [0.4, 0.5) is 4.79 Å². The summed E-state index contributed by atoms with van der Waals surface area (Å²) < 4.78 is 0.990. The fourth-order valence-electron chi connectivity index (χ4n) is 2.20. The van der Waals surface area contributed by atoms with E-state index in [4.69, 9.17) is 10.8 Å². The highest BCUT2D eigenvalue weighted by Crippen LogP contribution is 2.44. The Morgan fingerprint density at radius 2 is 1.94 bits per heavy atom. The van der Waals surface area contributed by atoms with Crippen LogP contribution in [-0.2, 0) is 5.41 Å². The minimum atomic E-state index is -1.23. The van der Waals surface area contributed by atoms with Crippen molar-refractivity contribution in [3.63, 3.8) is 0 Å². The standard InChI is InChI=1S/C12H13BrN2O2/c13-9-4-2-8(3-5-9)12(6-1-7-12)10(14)15-11(16)17/h2-5H,1,6-7H2,(H2,14,15)(H,16,17). The zero-order valence-corrected chi connectivity index (χ0v) is 10.8. The molecule has 1 aliphatic rings. The van der Waals surface area contributed by atoms with Gasteiger partial charge in [0.25, 0.3) is 0 Å². The molecule has 1 aromatic rings. The molecule has 0 saturated heterocycles. The van der Waals surface area contributed by atoms with Crippen LogP contribution in [0, 0.1) is 0 Å². The molecule has 1 aliphatic carbocycles. The van der Waals surface area contributed by atoms with Crippen LogP contribution >= 0.6 is 15.9 Å². The summed E-state index contributed by atoms with van der Waals surface area (Å²) in [5.41, 5.74) is 6.50. The molecule has 4 nitrogen and oxygen atoms in total. The van der Waals surface area contributed by atoms with Crippen molar-refractivity contribution in [2.24, 2.45) is 10.7 Å². The third-order valence-electron chi connectivity index (χ3n) is 3.31. The molecule has 0 radical (unpaired) electrons. The molecule has 1 amide bonds. The van der Waals surface area contributed by atoms with E-state index >= 15 is 0 Å². The van der Waals surface area contributed by atoms with Crippen molar-refractivity contribution in [3.8, 4) is 0 Å². The summed E-state index contributed by atoms with van der Waals surface area (Å²) in [4.78, 5) is 14.1. The van der Waals surface area contributed by atoms with E-state index in [0.29, 0.717) is 0 Å². The monoisotopic (exact) mass is 296 g/mol. The summed E-state index contributed by atoms with van der Waals surface area (Å²) in [6.45, 7) is 0. The van der Waals surface area contributed by atoms with Gasteiger partial charge in [-0.2, -0.15) is 4.99 Å². The molecule has 1 fully saturated rings. The van der Waals surface area contributed by atoms with E-state index in [0.717, 1.165) is 29.3 Å². The van der Waals surface area contributed by atoms with Gasteiger partial charge >= 0.3 is 6.09 Å². The van der Waals surface area contributed by atoms with Gasteiger partial charge in [-0.1, -0.05) is 34.5 Å². The predicted octanol–water partition coefficient (Wildman–Crippen LogP) is 2.91. The summed E-state index contributed by atoms with van der Waals surface area (Å²) in [6, 6.07) is 7.80. The topological polar surface area (TPSA) is 75.7 Å². The highest BCUT2D eigenvalue weighted by atomic mass is 79.9. The van der Waals surface area contributed by atoms with E-state index in [1.807, 2.05) is 24.3 Å². The predicted molar refractivity (Wildman–Crippen MR) is 69.3 cm³/mol. The SMILES string of the molecule is NC(=NC(=O)O)C1(c2ccc(Br)cc2)CCC1. The first-order valence-corrected chi connectivity index (χ1v) is 6.17. The van der Waals surface area contributed by atoms with Gasteiger partial charge < -0.3 is 10.8 Å². The van der Waals surface area contributed by atoms with Gasteiger partial charge in [-0.25, -0.2) is 4.79 Å². The lowest BCUT2D eigenvalue weighted by Crippen LogP contribution is -2.47. The van der Waals surface area contributed by atoms with Gasteiger partial charge in [0, 0.05) is 4.47 Å². The first kappa shape index (κ1) is 12.1. The van der Waals surface area contributed by atoms with Gasteiger partial charge in [-0.15, -0.1) is 0 Å². The number of rotatable bonds is 2. The number of aliphatic imine (C=N–C) groups is 1. The lowest BCUT2D eigenvalue weighted by Gasteiger charge is -2.41. The molecule has 90 valence electrons. The molecule has 1 aromatic carbocycles. The Bertz CT molecular complexity index is 464. The number of amides is 1. The maximum absolute atomic E-state index is 10.6. The first-order chi connectivity index (χ1) is 8.04. The number of nitrogens with zero attached hydrogens (tertiary/aromatic N) is 1. The van der Waals surface area contributed by atoms with Gasteiger partial charge in [0.2, 0.25) is 0 Å². The summed E-state index contributed by atoms with van der Waals surface area (Å²) in [7, 11) is 0. The van der Waals surface area contributed by atoms with Crippen LogP contribution in [0.15, 0.2) is 33.7 Å². The highest BCUT2D eigenvalue weighted by molar-refractivity contribution is 9.10. The number of nitrogens with two attached hydrogens (primary N) is 1. The maximum Gasteiger partial charge on any atom is 0.432 e. The summed E-state index contributed by atoms with van der Waals surface area (Å²) in [6.07, 6.45) is 1.53. The number of benzene rings is 1. The van der Waals surface area contributed by atoms with Gasteiger partial charge in [0.15, 0.2) is 0 Å². The fourth-order valence-corrected chi connectivity index (χ4v) is 2.47. The molecule has 1 saturated carbocycles. The Morgan fingerprint density at radius 3 is 2.35 bits per heavy atom. The minimum Gasteiger partial charge on any atom is -0.463 e. The summed E-state index contributed by atoms with van der Waals surface area (Å²) in [5.74, 6) is 0.207. The first-order valence-electron chi connectivity index (χ1n) is 5.38. The fraction of sp³-hybridized carbons (Fsp3) is 0.333. The number of amidine groups is 1. The van der Waals surface area contributed by atoms with Crippen LogP contribution in [0.5, 0.6) is 0 Å². The highest BCUT2D eigenvalue weighted by Gasteiger charge is 2.42. The van der Waals surface area contributed by atoms with E-state index in [1.54, 1.807) is 0 Å². The Morgan fingerprint density at radius 1 is 1.35 bits per heavy atom. The molecule has 0 heterocycles. The third kappa shape index (κ3) is 2.20. The van der Waals surface area contributed by atoms with Gasteiger partial charge in [-0.3, -0.25) is 0 Å². The van der Waals surface area contributed by atoms with Gasteiger partial charge in [-0.05, 0) is 30.5 Å². The third-order valence-corrected chi connectivity index (χ3v) is 3.84. The molecular formula is C12H13BrN2O2. The zero-order valence-electron chi connectivity index (χ0n) is 9.19. The van der Waals surface area contributed by atoms with Crippen molar-refractivity contribution in [1.82, 2.24) is 0 Å². The van der Waals surface area contributed by atoms with E-state index in [2.05, 4.69) is 20.9 Å². The second-order valence-corrected chi connectivity index (χ2v) is 5.14. The minimum absolute atomic E-state index is 0.207. The van der Waals surface area contributed by atoms with Crippen molar-refractivity contribution >= 4 is 27.9 Å². The normalized spacial score (nSPS) is 18.5. The maximum atomic E-state index is 10.6. The molecule has 5 heteroatoms. The van der Waals surface area contributed by atoms with Crippen LogP contribution in [0.25, 0.3) is 0 Å². The Kier molecular flexibility index (Phi) is 3.19. The van der Waals surface area contributed by atoms with E-state index < -0.39 is 6.09 Å². The summed E-state index contributed by atoms with van der Waals surface area (Å²) >= 11 is 3.37. The lowest BCUT2D eigenvalue weighted by molar-refractivity contribution is 0.205. The van der Waals surface area contributed by atoms with Crippen molar-refractivity contribution in [2.75, 3.05) is 0 Å². The van der Waals surface area contributed by atoms with Crippen LogP contribution in [-0.4, -0.2) is 17.0 Å². The van der Waals surface area contributed by atoms with Crippen LogP contribution < -0.4 is 5.73 Å². The van der Waals surface area contributed by atoms with Crippen LogP contribution in [0.1, 0.15) is 24.8 Å². The van der Waals surface area contributed by atoms with E-state index in [9.17, 15) is 4.79 Å². The molecule has 0 atom stereocenters. The molecule has 0 aliphatic heterocycles. The molecule has 2 rings (SSSR count). The number of halogens is 1. The molecule has 0 bridgehead atoms. The Balaban J connectivity index is 2.38. The molecule has 3 N–H and O–H groups in total. The molecule has 0 spiro atoms. The number of hydrogen-bond acceptors (Lipinski definition) is 1. The molecule has 17 heavy (non-hydrogen) atoms. The Labute approximate surface area is 108 Å². The molecule has 0 unspecified atom stereocenters. The second kappa shape index (κ2) is 4.49. The van der Waals surface area contributed by atoms with Gasteiger partial charge in [0.05, 0.1) is 5.41 Å². The molecule has 0 aromatic heterocycles. The molecular weight excluding hydrogens is 284 g/mol.